The van der Waals surface area contributed by atoms with Gasteiger partial charge in [0.1, 0.15) is 11.9 Å². The van der Waals surface area contributed by atoms with Gasteiger partial charge in [0, 0.05) is 44.2 Å². The maximum atomic E-state index is 13.3. The van der Waals surface area contributed by atoms with E-state index in [-0.39, 0.29) is 5.91 Å². The monoisotopic (exact) mass is 505 g/mol. The molecule has 1 heterocycles. The molecule has 3 N–H and O–H groups in total. The van der Waals surface area contributed by atoms with Crippen LogP contribution in [0.4, 0.5) is 0 Å². The van der Waals surface area contributed by atoms with Crippen molar-refractivity contribution < 1.29 is 18.7 Å². The average molecular weight is 506 g/mol. The van der Waals surface area contributed by atoms with Gasteiger partial charge in [-0.1, -0.05) is 44.2 Å². The molecule has 0 spiro atoms. The minimum absolute atomic E-state index is 0.0722. The van der Waals surface area contributed by atoms with Gasteiger partial charge in [-0.2, -0.15) is 0 Å². The number of nitrogens with zero attached hydrogens (tertiary/aromatic N) is 1. The largest absolute Gasteiger partial charge is 0.469 e. The van der Waals surface area contributed by atoms with Crippen LogP contribution in [0.5, 0.6) is 0 Å². The summed E-state index contributed by atoms with van der Waals surface area (Å²) in [5, 5.41) is 3.35. The first-order chi connectivity index (χ1) is 17.9. The number of carbonyl (C=O) groups is 2. The van der Waals surface area contributed by atoms with E-state index in [9.17, 15) is 9.59 Å². The number of furan rings is 1. The molecule has 0 bridgehead atoms. The number of ether oxygens (including phenoxy) is 1. The van der Waals surface area contributed by atoms with Gasteiger partial charge in [-0.3, -0.25) is 4.79 Å². The second-order valence-corrected chi connectivity index (χ2v) is 9.39. The fraction of sp³-hybridized carbons (Fsp3) is 0.400. The Balaban J connectivity index is 1.75. The Hall–Kier alpha value is -3.42. The number of benzene rings is 2. The molecular weight excluding hydrogens is 466 g/mol. The fourth-order valence-corrected chi connectivity index (χ4v) is 4.29. The molecule has 198 valence electrons. The van der Waals surface area contributed by atoms with Gasteiger partial charge in [0.15, 0.2) is 0 Å². The van der Waals surface area contributed by atoms with Gasteiger partial charge in [0.2, 0.25) is 0 Å². The topological polar surface area (TPSA) is 97.8 Å². The van der Waals surface area contributed by atoms with E-state index in [0.29, 0.717) is 43.7 Å². The van der Waals surface area contributed by atoms with Crippen molar-refractivity contribution in [3.05, 3.63) is 94.9 Å². The van der Waals surface area contributed by atoms with Gasteiger partial charge in [-0.25, -0.2) is 4.79 Å². The lowest BCUT2D eigenvalue weighted by Gasteiger charge is -2.25. The molecule has 7 heteroatoms. The highest BCUT2D eigenvalue weighted by Gasteiger charge is 2.25. The standard InChI is InChI=1S/C30H39N3O4/c1-4-13-33(14-5-2)29(34)24-16-22(3)17-25(18-24)30(35)37-28(27(31)19-26-12-9-15-36-26)21-32-20-23-10-7-6-8-11-23/h6-12,15-18,27-28,32H,4-5,13-14,19-21,31H2,1-3H3/t27-,28-/m1/s1. The van der Waals surface area contributed by atoms with E-state index < -0.39 is 18.1 Å². The molecule has 0 unspecified atom stereocenters. The van der Waals surface area contributed by atoms with Gasteiger partial charge >= 0.3 is 5.97 Å². The zero-order valence-electron chi connectivity index (χ0n) is 22.1. The van der Waals surface area contributed by atoms with Gasteiger partial charge in [-0.05, 0) is 61.2 Å². The maximum Gasteiger partial charge on any atom is 0.338 e. The summed E-state index contributed by atoms with van der Waals surface area (Å²) in [5.41, 5.74) is 9.27. The van der Waals surface area contributed by atoms with Gasteiger partial charge in [-0.15, -0.1) is 0 Å². The van der Waals surface area contributed by atoms with Crippen molar-refractivity contribution in [1.82, 2.24) is 10.2 Å². The molecule has 7 nitrogen and oxygen atoms in total. The number of hydrogen-bond acceptors (Lipinski definition) is 6. The molecule has 0 saturated heterocycles. The lowest BCUT2D eigenvalue weighted by molar-refractivity contribution is 0.0234. The summed E-state index contributed by atoms with van der Waals surface area (Å²) in [6.45, 7) is 8.32. The zero-order valence-corrected chi connectivity index (χ0v) is 22.1. The molecule has 0 aliphatic rings. The lowest BCUT2D eigenvalue weighted by atomic mass is 10.0. The van der Waals surface area contributed by atoms with Crippen LogP contribution in [-0.4, -0.2) is 48.6 Å². The number of carbonyl (C=O) groups excluding carboxylic acids is 2. The van der Waals surface area contributed by atoms with Crippen LogP contribution in [0.3, 0.4) is 0 Å². The molecule has 3 rings (SSSR count). The molecule has 0 fully saturated rings. The van der Waals surface area contributed by atoms with Gasteiger partial charge in [0.25, 0.3) is 5.91 Å². The van der Waals surface area contributed by atoms with Crippen molar-refractivity contribution in [3.63, 3.8) is 0 Å². The molecule has 3 aromatic rings. The second kappa shape index (κ2) is 14.4. The van der Waals surface area contributed by atoms with Gasteiger partial charge < -0.3 is 25.1 Å². The molecule has 2 aromatic carbocycles. The minimum Gasteiger partial charge on any atom is -0.469 e. The molecule has 0 saturated carbocycles. The third kappa shape index (κ3) is 8.58. The third-order valence-corrected chi connectivity index (χ3v) is 6.10. The van der Waals surface area contributed by atoms with Gasteiger partial charge in [0.05, 0.1) is 11.8 Å². The van der Waals surface area contributed by atoms with Crippen LogP contribution in [0.1, 0.15) is 64.3 Å². The highest BCUT2D eigenvalue weighted by Crippen LogP contribution is 2.16. The number of aryl methyl sites for hydroxylation is 1. The highest BCUT2D eigenvalue weighted by atomic mass is 16.5. The Labute approximate surface area is 220 Å². The van der Waals surface area contributed by atoms with Crippen molar-refractivity contribution in [3.8, 4) is 0 Å². The molecule has 0 radical (unpaired) electrons. The van der Waals surface area contributed by atoms with Crippen LogP contribution >= 0.6 is 0 Å². The van der Waals surface area contributed by atoms with Crippen LogP contribution in [0.2, 0.25) is 0 Å². The number of nitrogens with one attached hydrogen (secondary N) is 1. The SMILES string of the molecule is CCCN(CCC)C(=O)c1cc(C)cc(C(=O)O[C@H](CNCc2ccccc2)[C@H](N)Cc2ccco2)c1. The number of amides is 1. The Kier molecular flexibility index (Phi) is 10.9. The number of rotatable bonds is 14. The first-order valence-electron chi connectivity index (χ1n) is 13.1. The van der Waals surface area contributed by atoms with Crippen molar-refractivity contribution in [2.24, 2.45) is 5.73 Å². The first kappa shape index (κ1) is 28.2. The van der Waals surface area contributed by atoms with E-state index in [1.54, 1.807) is 18.4 Å². The van der Waals surface area contributed by atoms with E-state index in [2.05, 4.69) is 5.32 Å². The summed E-state index contributed by atoms with van der Waals surface area (Å²) >= 11 is 0. The predicted molar refractivity (Wildman–Crippen MR) is 145 cm³/mol. The van der Waals surface area contributed by atoms with Crippen molar-refractivity contribution in [2.75, 3.05) is 19.6 Å². The number of esters is 1. The third-order valence-electron chi connectivity index (χ3n) is 6.10. The van der Waals surface area contributed by atoms with Crippen molar-refractivity contribution in [1.29, 1.82) is 0 Å². The molecular formula is C30H39N3O4. The Morgan fingerprint density at radius 2 is 1.70 bits per heavy atom. The molecule has 1 amide bonds. The minimum atomic E-state index is -0.599. The smallest absolute Gasteiger partial charge is 0.338 e. The summed E-state index contributed by atoms with van der Waals surface area (Å²) in [4.78, 5) is 28.3. The van der Waals surface area contributed by atoms with Crippen LogP contribution in [0.25, 0.3) is 0 Å². The molecule has 0 aliphatic carbocycles. The van der Waals surface area contributed by atoms with E-state index >= 15 is 0 Å². The summed E-state index contributed by atoms with van der Waals surface area (Å²) in [6.07, 6.45) is 3.17. The zero-order chi connectivity index (χ0) is 26.6. The quantitative estimate of drug-likeness (QED) is 0.307. The predicted octanol–water partition coefficient (Wildman–Crippen LogP) is 4.74. The van der Waals surface area contributed by atoms with E-state index in [1.807, 2.05) is 74.2 Å². The Bertz CT molecular complexity index is 1110. The van der Waals surface area contributed by atoms with E-state index in [1.165, 1.54) is 0 Å². The number of nitrogens with two attached hydrogens (primary N) is 1. The molecule has 1 aromatic heterocycles. The first-order valence-corrected chi connectivity index (χ1v) is 13.1. The van der Waals surface area contributed by atoms with Crippen LogP contribution < -0.4 is 11.1 Å². The Morgan fingerprint density at radius 1 is 1.00 bits per heavy atom. The lowest BCUT2D eigenvalue weighted by Crippen LogP contribution is -2.45. The summed E-state index contributed by atoms with van der Waals surface area (Å²) in [7, 11) is 0. The summed E-state index contributed by atoms with van der Waals surface area (Å²) < 4.78 is 11.4. The van der Waals surface area contributed by atoms with E-state index in [0.717, 1.165) is 29.7 Å². The Morgan fingerprint density at radius 3 is 2.35 bits per heavy atom. The molecule has 37 heavy (non-hydrogen) atoms. The van der Waals surface area contributed by atoms with Crippen LogP contribution in [-0.2, 0) is 17.7 Å². The number of hydrogen-bond donors (Lipinski definition) is 2. The van der Waals surface area contributed by atoms with Crippen molar-refractivity contribution >= 4 is 11.9 Å². The fourth-order valence-electron chi connectivity index (χ4n) is 4.29. The normalized spacial score (nSPS) is 12.6. The average Bonchev–Trinajstić information content (AvgIpc) is 3.40. The molecule has 2 atom stereocenters. The van der Waals surface area contributed by atoms with Crippen molar-refractivity contribution in [2.45, 2.75) is 58.7 Å². The summed E-state index contributed by atoms with van der Waals surface area (Å²) in [6, 6.07) is 18.4. The maximum absolute atomic E-state index is 13.3. The highest BCUT2D eigenvalue weighted by molar-refractivity contribution is 5.98. The van der Waals surface area contributed by atoms with Crippen LogP contribution in [0, 0.1) is 6.92 Å². The van der Waals surface area contributed by atoms with Crippen LogP contribution in [0.15, 0.2) is 71.3 Å². The summed E-state index contributed by atoms with van der Waals surface area (Å²) in [5.74, 6) is 0.153. The second-order valence-electron chi connectivity index (χ2n) is 9.39. The van der Waals surface area contributed by atoms with E-state index in [4.69, 9.17) is 14.9 Å². The molecule has 0 aliphatic heterocycles.